The first-order valence-electron chi connectivity index (χ1n) is 7.03. The lowest BCUT2D eigenvalue weighted by atomic mass is 9.95. The molecule has 0 saturated carbocycles. The lowest BCUT2D eigenvalue weighted by molar-refractivity contribution is -0.139. The molecule has 0 radical (unpaired) electrons. The lowest BCUT2D eigenvalue weighted by Crippen LogP contribution is -2.45. The van der Waals surface area contributed by atoms with E-state index in [1.807, 2.05) is 6.07 Å². The Labute approximate surface area is 133 Å². The Hall–Kier alpha value is -3.01. The maximum Gasteiger partial charge on any atom is 0.338 e. The van der Waals surface area contributed by atoms with Gasteiger partial charge in [0.15, 0.2) is 0 Å². The van der Waals surface area contributed by atoms with E-state index in [0.717, 1.165) is 0 Å². The number of ether oxygens (including phenoxy) is 2. The highest BCUT2D eigenvalue weighted by molar-refractivity contribution is 5.95. The third-order valence-electron chi connectivity index (χ3n) is 3.36. The van der Waals surface area contributed by atoms with Crippen LogP contribution in [0.3, 0.4) is 0 Å². The summed E-state index contributed by atoms with van der Waals surface area (Å²) in [6.45, 7) is 1.64. The van der Waals surface area contributed by atoms with Crippen LogP contribution in [0.5, 0.6) is 5.75 Å². The van der Waals surface area contributed by atoms with Crippen LogP contribution < -0.4 is 15.4 Å². The molecule has 2 rings (SSSR count). The van der Waals surface area contributed by atoms with Crippen molar-refractivity contribution in [2.24, 2.45) is 0 Å². The Kier molecular flexibility index (Phi) is 5.20. The van der Waals surface area contributed by atoms with Gasteiger partial charge in [0.2, 0.25) is 0 Å². The van der Waals surface area contributed by atoms with Crippen LogP contribution in [0, 0.1) is 11.3 Å². The first-order valence-corrected chi connectivity index (χ1v) is 7.03. The van der Waals surface area contributed by atoms with Crippen LogP contribution in [0.4, 0.5) is 4.79 Å². The average molecular weight is 315 g/mol. The molecule has 1 aromatic carbocycles. The Morgan fingerprint density at radius 1 is 1.43 bits per heavy atom. The highest BCUT2D eigenvalue weighted by Crippen LogP contribution is 2.29. The number of nitriles is 1. The summed E-state index contributed by atoms with van der Waals surface area (Å²) < 4.78 is 10.3. The molecule has 2 amide bonds. The molecule has 7 heteroatoms. The van der Waals surface area contributed by atoms with Crippen LogP contribution in [0.2, 0.25) is 0 Å². The van der Waals surface area contributed by atoms with E-state index in [-0.39, 0.29) is 13.0 Å². The van der Waals surface area contributed by atoms with Crippen molar-refractivity contribution in [2.45, 2.75) is 19.4 Å². The van der Waals surface area contributed by atoms with Crippen molar-refractivity contribution in [2.75, 3.05) is 13.7 Å². The normalized spacial score (nSPS) is 16.9. The predicted molar refractivity (Wildman–Crippen MR) is 81.3 cm³/mol. The van der Waals surface area contributed by atoms with Gasteiger partial charge in [-0.05, 0) is 24.6 Å². The Balaban J connectivity index is 2.34. The molecule has 0 unspecified atom stereocenters. The number of nitrogens with one attached hydrogen (secondary N) is 2. The predicted octanol–water partition coefficient (Wildman–Crippen LogP) is 1.78. The maximum absolute atomic E-state index is 12.3. The number of nitrogens with zero attached hydrogens (tertiary/aromatic N) is 1. The Bertz CT molecular complexity index is 691. The van der Waals surface area contributed by atoms with Gasteiger partial charge in [-0.15, -0.1) is 0 Å². The van der Waals surface area contributed by atoms with Crippen molar-refractivity contribution in [1.29, 1.82) is 5.26 Å². The van der Waals surface area contributed by atoms with Crippen LogP contribution in [0.1, 0.15) is 24.9 Å². The van der Waals surface area contributed by atoms with E-state index < -0.39 is 18.0 Å². The molecule has 0 saturated heterocycles. The van der Waals surface area contributed by atoms with Gasteiger partial charge >= 0.3 is 12.0 Å². The third-order valence-corrected chi connectivity index (χ3v) is 3.36. The standard InChI is InChI=1S/C16H17N3O4/c1-10-13(15(20)23-8-4-7-17)14(19-16(21)18-10)11-5-3-6-12(9-11)22-2/h3,5-6,9,14H,4,8H2,1-2H3,(H2,18,19,21)/t14-/m0/s1. The molecular weight excluding hydrogens is 298 g/mol. The van der Waals surface area contributed by atoms with Crippen LogP contribution in [0.25, 0.3) is 0 Å². The first kappa shape index (κ1) is 16.4. The van der Waals surface area contributed by atoms with Gasteiger partial charge in [0.25, 0.3) is 0 Å². The number of hydrogen-bond donors (Lipinski definition) is 2. The van der Waals surface area contributed by atoms with Crippen LogP contribution in [-0.4, -0.2) is 25.7 Å². The summed E-state index contributed by atoms with van der Waals surface area (Å²) in [4.78, 5) is 24.1. The van der Waals surface area contributed by atoms with E-state index in [1.165, 1.54) is 7.11 Å². The van der Waals surface area contributed by atoms with Crippen molar-refractivity contribution in [3.63, 3.8) is 0 Å². The van der Waals surface area contributed by atoms with Gasteiger partial charge in [0.05, 0.1) is 31.2 Å². The van der Waals surface area contributed by atoms with Crippen molar-refractivity contribution >= 4 is 12.0 Å². The molecule has 0 fully saturated rings. The van der Waals surface area contributed by atoms with E-state index in [9.17, 15) is 9.59 Å². The van der Waals surface area contributed by atoms with Gasteiger partial charge in [-0.3, -0.25) is 0 Å². The first-order chi connectivity index (χ1) is 11.1. The van der Waals surface area contributed by atoms with Crippen LogP contribution in [-0.2, 0) is 9.53 Å². The van der Waals surface area contributed by atoms with Crippen molar-refractivity contribution in [1.82, 2.24) is 10.6 Å². The van der Waals surface area contributed by atoms with Gasteiger partial charge < -0.3 is 20.1 Å². The fraction of sp³-hybridized carbons (Fsp3) is 0.312. The van der Waals surface area contributed by atoms with Crippen LogP contribution >= 0.6 is 0 Å². The van der Waals surface area contributed by atoms with Crippen LogP contribution in [0.15, 0.2) is 35.5 Å². The monoisotopic (exact) mass is 315 g/mol. The Morgan fingerprint density at radius 3 is 2.91 bits per heavy atom. The fourth-order valence-corrected chi connectivity index (χ4v) is 2.30. The number of methoxy groups -OCH3 is 1. The minimum absolute atomic E-state index is 0.00485. The second-order valence-electron chi connectivity index (χ2n) is 4.89. The van der Waals surface area contributed by atoms with Crippen molar-refractivity contribution in [3.05, 3.63) is 41.1 Å². The van der Waals surface area contributed by atoms with Gasteiger partial charge in [0, 0.05) is 5.70 Å². The largest absolute Gasteiger partial charge is 0.497 e. The zero-order valence-corrected chi connectivity index (χ0v) is 12.9. The van der Waals surface area contributed by atoms with E-state index >= 15 is 0 Å². The summed E-state index contributed by atoms with van der Waals surface area (Å²) in [6.07, 6.45) is 0.113. The summed E-state index contributed by atoms with van der Waals surface area (Å²) in [5, 5.41) is 13.8. The van der Waals surface area contributed by atoms with E-state index in [0.29, 0.717) is 22.6 Å². The fourth-order valence-electron chi connectivity index (χ4n) is 2.30. The van der Waals surface area contributed by atoms with Crippen molar-refractivity contribution in [3.8, 4) is 11.8 Å². The molecule has 23 heavy (non-hydrogen) atoms. The smallest absolute Gasteiger partial charge is 0.338 e. The molecule has 1 heterocycles. The minimum atomic E-state index is -0.645. The van der Waals surface area contributed by atoms with Gasteiger partial charge in [-0.25, -0.2) is 9.59 Å². The average Bonchev–Trinajstić information content (AvgIpc) is 2.54. The number of amides is 2. The van der Waals surface area contributed by atoms with Gasteiger partial charge in [-0.1, -0.05) is 12.1 Å². The van der Waals surface area contributed by atoms with Gasteiger partial charge in [0.1, 0.15) is 12.4 Å². The number of urea groups is 1. The lowest BCUT2D eigenvalue weighted by Gasteiger charge is -2.28. The number of allylic oxidation sites excluding steroid dienone is 1. The molecule has 1 aliphatic heterocycles. The molecule has 2 N–H and O–H groups in total. The summed E-state index contributed by atoms with van der Waals surface area (Å²) in [5.74, 6) is 0.0446. The second-order valence-corrected chi connectivity index (χ2v) is 4.89. The molecule has 7 nitrogen and oxygen atoms in total. The summed E-state index contributed by atoms with van der Waals surface area (Å²) >= 11 is 0. The maximum atomic E-state index is 12.3. The number of carbonyl (C=O) groups is 2. The quantitative estimate of drug-likeness (QED) is 0.637. The zero-order valence-electron chi connectivity index (χ0n) is 12.9. The Morgan fingerprint density at radius 2 is 2.22 bits per heavy atom. The molecule has 1 aromatic rings. The summed E-state index contributed by atoms with van der Waals surface area (Å²) in [5.41, 5.74) is 1.42. The third kappa shape index (κ3) is 3.80. The number of esters is 1. The SMILES string of the molecule is COc1cccc([C@@H]2NC(=O)NC(C)=C2C(=O)OCCC#N)c1. The van der Waals surface area contributed by atoms with E-state index in [4.69, 9.17) is 14.7 Å². The molecule has 0 aromatic heterocycles. The molecule has 0 spiro atoms. The van der Waals surface area contributed by atoms with Gasteiger partial charge in [-0.2, -0.15) is 5.26 Å². The molecule has 1 atom stereocenters. The van der Waals surface area contributed by atoms with E-state index in [2.05, 4.69) is 10.6 Å². The highest BCUT2D eigenvalue weighted by atomic mass is 16.5. The number of hydrogen-bond acceptors (Lipinski definition) is 5. The second kappa shape index (κ2) is 7.31. The topological polar surface area (TPSA) is 100 Å². The minimum Gasteiger partial charge on any atom is -0.497 e. The molecule has 1 aliphatic rings. The highest BCUT2D eigenvalue weighted by Gasteiger charge is 2.32. The zero-order chi connectivity index (χ0) is 16.8. The van der Waals surface area contributed by atoms with Crippen molar-refractivity contribution < 1.29 is 19.1 Å². The van der Waals surface area contributed by atoms with E-state index in [1.54, 1.807) is 31.2 Å². The number of carbonyl (C=O) groups excluding carboxylic acids is 2. The molecule has 120 valence electrons. The molecule has 0 aliphatic carbocycles. The number of rotatable bonds is 5. The molecule has 0 bridgehead atoms. The molecular formula is C16H17N3O4. The summed E-state index contributed by atoms with van der Waals surface area (Å²) in [7, 11) is 1.54. The summed E-state index contributed by atoms with van der Waals surface area (Å²) in [6, 6.07) is 7.94. The number of benzene rings is 1.